The number of rotatable bonds is 8. The van der Waals surface area contributed by atoms with Gasteiger partial charge in [0.05, 0.1) is 11.1 Å². The Morgan fingerprint density at radius 3 is 2.86 bits per heavy atom. The van der Waals surface area contributed by atoms with Crippen LogP contribution in [0.2, 0.25) is 5.02 Å². The fraction of sp³-hybridized carbons (Fsp3) is 0.353. The first-order valence-corrected chi connectivity index (χ1v) is 8.63. The van der Waals surface area contributed by atoms with Crippen LogP contribution in [0, 0.1) is 0 Å². The Morgan fingerprint density at radius 1 is 1.27 bits per heavy atom. The normalized spacial score (nSPS) is 10.5. The standard InChI is InChI=1S/C17H20BrClN2O/c1-2-3-6-9-22-17-13(10-14(19)11-15(17)18)12-21-16-7-4-5-8-20-16/h4-5,7-8,10-11H,2-3,6,9,12H2,1H3,(H,20,21). The second kappa shape index (κ2) is 9.01. The van der Waals surface area contributed by atoms with Crippen LogP contribution in [0.1, 0.15) is 31.7 Å². The van der Waals surface area contributed by atoms with Crippen molar-refractivity contribution in [2.24, 2.45) is 0 Å². The highest BCUT2D eigenvalue weighted by atomic mass is 79.9. The number of unbranched alkanes of at least 4 members (excludes halogenated alkanes) is 2. The fourth-order valence-corrected chi connectivity index (χ4v) is 3.07. The van der Waals surface area contributed by atoms with Gasteiger partial charge in [-0.05, 0) is 46.6 Å². The van der Waals surface area contributed by atoms with Crippen molar-refractivity contribution in [2.45, 2.75) is 32.7 Å². The molecule has 0 spiro atoms. The van der Waals surface area contributed by atoms with E-state index in [1.165, 1.54) is 12.8 Å². The Hall–Kier alpha value is -1.26. The third-order valence-corrected chi connectivity index (χ3v) is 4.01. The minimum Gasteiger partial charge on any atom is -0.492 e. The number of hydrogen-bond donors (Lipinski definition) is 1. The van der Waals surface area contributed by atoms with Gasteiger partial charge < -0.3 is 10.1 Å². The van der Waals surface area contributed by atoms with Gasteiger partial charge in [0, 0.05) is 23.3 Å². The molecule has 1 aromatic carbocycles. The Labute approximate surface area is 145 Å². The van der Waals surface area contributed by atoms with Gasteiger partial charge in [0.2, 0.25) is 0 Å². The topological polar surface area (TPSA) is 34.1 Å². The average molecular weight is 384 g/mol. The summed E-state index contributed by atoms with van der Waals surface area (Å²) < 4.78 is 6.83. The van der Waals surface area contributed by atoms with E-state index in [2.05, 4.69) is 33.2 Å². The zero-order chi connectivity index (χ0) is 15.8. The maximum absolute atomic E-state index is 6.16. The Balaban J connectivity index is 2.07. The first-order valence-electron chi connectivity index (χ1n) is 7.46. The molecule has 0 bridgehead atoms. The van der Waals surface area contributed by atoms with Crippen LogP contribution < -0.4 is 10.1 Å². The van der Waals surface area contributed by atoms with E-state index in [9.17, 15) is 0 Å². The third-order valence-electron chi connectivity index (χ3n) is 3.20. The molecule has 118 valence electrons. The molecule has 0 aliphatic heterocycles. The second-order valence-corrected chi connectivity index (χ2v) is 6.29. The zero-order valence-corrected chi connectivity index (χ0v) is 15.0. The molecule has 2 rings (SSSR count). The Morgan fingerprint density at radius 2 is 2.14 bits per heavy atom. The van der Waals surface area contributed by atoms with E-state index < -0.39 is 0 Å². The van der Waals surface area contributed by atoms with E-state index in [1.54, 1.807) is 6.20 Å². The smallest absolute Gasteiger partial charge is 0.138 e. The lowest BCUT2D eigenvalue weighted by atomic mass is 10.2. The van der Waals surface area contributed by atoms with Gasteiger partial charge in [0.15, 0.2) is 0 Å². The van der Waals surface area contributed by atoms with E-state index in [0.29, 0.717) is 18.2 Å². The number of hydrogen-bond acceptors (Lipinski definition) is 3. The molecule has 1 heterocycles. The van der Waals surface area contributed by atoms with Crippen LogP contribution >= 0.6 is 27.5 Å². The number of ether oxygens (including phenoxy) is 1. The van der Waals surface area contributed by atoms with Gasteiger partial charge in [-0.3, -0.25) is 0 Å². The van der Waals surface area contributed by atoms with Crippen LogP contribution in [0.5, 0.6) is 5.75 Å². The van der Waals surface area contributed by atoms with Gasteiger partial charge in [-0.1, -0.05) is 37.4 Å². The largest absolute Gasteiger partial charge is 0.492 e. The number of nitrogens with zero attached hydrogens (tertiary/aromatic N) is 1. The molecule has 5 heteroatoms. The lowest BCUT2D eigenvalue weighted by Gasteiger charge is -2.15. The zero-order valence-electron chi connectivity index (χ0n) is 12.6. The van der Waals surface area contributed by atoms with Crippen LogP contribution in [0.3, 0.4) is 0 Å². The first-order chi connectivity index (χ1) is 10.7. The summed E-state index contributed by atoms with van der Waals surface area (Å²) in [6.07, 6.45) is 5.17. The summed E-state index contributed by atoms with van der Waals surface area (Å²) in [7, 11) is 0. The predicted molar refractivity (Wildman–Crippen MR) is 95.7 cm³/mol. The fourth-order valence-electron chi connectivity index (χ4n) is 2.09. The van der Waals surface area contributed by atoms with Crippen molar-refractivity contribution >= 4 is 33.3 Å². The van der Waals surface area contributed by atoms with E-state index in [0.717, 1.165) is 28.0 Å². The molecule has 0 saturated heterocycles. The summed E-state index contributed by atoms with van der Waals surface area (Å²) in [4.78, 5) is 4.26. The van der Waals surface area contributed by atoms with Crippen molar-refractivity contribution in [3.63, 3.8) is 0 Å². The van der Waals surface area contributed by atoms with Gasteiger partial charge >= 0.3 is 0 Å². The quantitative estimate of drug-likeness (QED) is 0.596. The molecule has 1 N–H and O–H groups in total. The maximum atomic E-state index is 6.16. The van der Waals surface area contributed by atoms with Gasteiger partial charge in [-0.15, -0.1) is 0 Å². The van der Waals surface area contributed by atoms with Crippen LogP contribution in [0.25, 0.3) is 0 Å². The summed E-state index contributed by atoms with van der Waals surface area (Å²) in [6.45, 7) is 3.50. The van der Waals surface area contributed by atoms with Crippen LogP contribution in [0.15, 0.2) is 41.0 Å². The Bertz CT molecular complexity index is 593. The molecule has 0 amide bonds. The summed E-state index contributed by atoms with van der Waals surface area (Å²) in [5, 5.41) is 3.97. The van der Waals surface area contributed by atoms with E-state index in [1.807, 2.05) is 30.3 Å². The molecule has 0 unspecified atom stereocenters. The number of nitrogens with one attached hydrogen (secondary N) is 1. The summed E-state index contributed by atoms with van der Waals surface area (Å²) >= 11 is 9.70. The average Bonchev–Trinajstić information content (AvgIpc) is 2.52. The highest BCUT2D eigenvalue weighted by Gasteiger charge is 2.10. The van der Waals surface area contributed by atoms with E-state index in [4.69, 9.17) is 16.3 Å². The molecule has 0 atom stereocenters. The van der Waals surface area contributed by atoms with Crippen molar-refractivity contribution in [1.82, 2.24) is 4.98 Å². The summed E-state index contributed by atoms with van der Waals surface area (Å²) in [6, 6.07) is 9.56. The monoisotopic (exact) mass is 382 g/mol. The molecule has 0 fully saturated rings. The molecule has 0 radical (unpaired) electrons. The SMILES string of the molecule is CCCCCOc1c(Br)cc(Cl)cc1CNc1ccccn1. The highest BCUT2D eigenvalue weighted by molar-refractivity contribution is 9.10. The van der Waals surface area contributed by atoms with Gasteiger partial charge in [0.1, 0.15) is 11.6 Å². The number of anilines is 1. The Kier molecular flexibility index (Phi) is 7.00. The number of benzene rings is 1. The lowest BCUT2D eigenvalue weighted by Crippen LogP contribution is -2.06. The van der Waals surface area contributed by atoms with Crippen molar-refractivity contribution in [2.75, 3.05) is 11.9 Å². The number of pyridine rings is 1. The molecular weight excluding hydrogens is 364 g/mol. The van der Waals surface area contributed by atoms with Crippen molar-refractivity contribution in [3.8, 4) is 5.75 Å². The van der Waals surface area contributed by atoms with Crippen molar-refractivity contribution < 1.29 is 4.74 Å². The molecule has 2 aromatic rings. The summed E-state index contributed by atoms with van der Waals surface area (Å²) in [5.41, 5.74) is 1.02. The van der Waals surface area contributed by atoms with E-state index >= 15 is 0 Å². The van der Waals surface area contributed by atoms with Gasteiger partial charge in [-0.2, -0.15) is 0 Å². The van der Waals surface area contributed by atoms with Gasteiger partial charge in [-0.25, -0.2) is 4.98 Å². The third kappa shape index (κ3) is 5.18. The minimum absolute atomic E-state index is 0.610. The van der Waals surface area contributed by atoms with Crippen LogP contribution in [-0.4, -0.2) is 11.6 Å². The number of aromatic nitrogens is 1. The molecule has 22 heavy (non-hydrogen) atoms. The predicted octanol–water partition coefficient (Wildman–Crippen LogP) is 5.68. The van der Waals surface area contributed by atoms with Gasteiger partial charge in [0.25, 0.3) is 0 Å². The molecule has 0 saturated carbocycles. The molecule has 1 aromatic heterocycles. The molecular formula is C17H20BrClN2O. The van der Waals surface area contributed by atoms with Crippen molar-refractivity contribution in [3.05, 3.63) is 51.6 Å². The second-order valence-electron chi connectivity index (χ2n) is 5.00. The molecule has 3 nitrogen and oxygen atoms in total. The number of halogens is 2. The minimum atomic E-state index is 0.610. The van der Waals surface area contributed by atoms with Crippen molar-refractivity contribution in [1.29, 1.82) is 0 Å². The summed E-state index contributed by atoms with van der Waals surface area (Å²) in [5.74, 6) is 1.68. The lowest BCUT2D eigenvalue weighted by molar-refractivity contribution is 0.302. The maximum Gasteiger partial charge on any atom is 0.138 e. The van der Waals surface area contributed by atoms with Crippen LogP contribution in [-0.2, 0) is 6.54 Å². The molecule has 0 aliphatic rings. The first kappa shape index (κ1) is 17.1. The highest BCUT2D eigenvalue weighted by Crippen LogP contribution is 2.33. The van der Waals surface area contributed by atoms with Crippen LogP contribution in [0.4, 0.5) is 5.82 Å². The molecule has 0 aliphatic carbocycles. The van der Waals surface area contributed by atoms with E-state index in [-0.39, 0.29) is 0 Å².